The number of rotatable bonds is 3. The van der Waals surface area contributed by atoms with Gasteiger partial charge in [0.05, 0.1) is 18.7 Å². The molecule has 0 aliphatic heterocycles. The minimum absolute atomic E-state index is 0.403. The number of hydrogen-bond acceptors (Lipinski definition) is 4. The Morgan fingerprint density at radius 3 is 2.85 bits per heavy atom. The van der Waals surface area contributed by atoms with Gasteiger partial charge < -0.3 is 9.15 Å². The summed E-state index contributed by atoms with van der Waals surface area (Å²) in [5.74, 6) is 1.42. The van der Waals surface area contributed by atoms with Gasteiger partial charge in [-0.3, -0.25) is 0 Å². The Kier molecular flexibility index (Phi) is 2.22. The maximum Gasteiger partial charge on any atom is 0.156 e. The largest absolute Gasteiger partial charge is 0.482 e. The van der Waals surface area contributed by atoms with Gasteiger partial charge in [0.1, 0.15) is 18.7 Å². The van der Waals surface area contributed by atoms with E-state index in [2.05, 4.69) is 9.97 Å². The highest BCUT2D eigenvalue weighted by molar-refractivity contribution is 5.10. The first-order valence-electron chi connectivity index (χ1n) is 3.85. The molecule has 2 rings (SSSR count). The second-order valence-corrected chi connectivity index (χ2v) is 2.44. The monoisotopic (exact) mass is 176 g/mol. The molecule has 4 heteroatoms. The highest BCUT2D eigenvalue weighted by atomic mass is 16.5. The summed E-state index contributed by atoms with van der Waals surface area (Å²) in [7, 11) is 0. The summed E-state index contributed by atoms with van der Waals surface area (Å²) in [5, 5.41) is 0. The lowest BCUT2D eigenvalue weighted by Gasteiger charge is -2.01. The quantitative estimate of drug-likeness (QED) is 0.713. The number of hydrogen-bond donors (Lipinski definition) is 0. The van der Waals surface area contributed by atoms with Gasteiger partial charge in [-0.05, 0) is 12.1 Å². The Labute approximate surface area is 75.2 Å². The summed E-state index contributed by atoms with van der Waals surface area (Å²) >= 11 is 0. The van der Waals surface area contributed by atoms with Gasteiger partial charge in [-0.15, -0.1) is 0 Å². The molecule has 0 aliphatic rings. The molecule has 2 aromatic rings. The molecule has 0 fully saturated rings. The molecule has 0 spiro atoms. The lowest BCUT2D eigenvalue weighted by molar-refractivity contribution is 0.268. The van der Waals surface area contributed by atoms with E-state index in [4.69, 9.17) is 9.15 Å². The summed E-state index contributed by atoms with van der Waals surface area (Å²) in [6, 6.07) is 3.67. The number of furan rings is 1. The van der Waals surface area contributed by atoms with Gasteiger partial charge in [-0.25, -0.2) is 9.97 Å². The molecule has 0 saturated heterocycles. The molecular formula is C9H8N2O2. The predicted molar refractivity (Wildman–Crippen MR) is 45.1 cm³/mol. The normalized spacial score (nSPS) is 9.85. The van der Waals surface area contributed by atoms with E-state index >= 15 is 0 Å². The average Bonchev–Trinajstić information content (AvgIpc) is 2.69. The second kappa shape index (κ2) is 3.71. The van der Waals surface area contributed by atoms with Gasteiger partial charge in [0.2, 0.25) is 0 Å². The van der Waals surface area contributed by atoms with E-state index in [1.54, 1.807) is 18.7 Å². The van der Waals surface area contributed by atoms with Crippen molar-refractivity contribution in [2.45, 2.75) is 6.61 Å². The van der Waals surface area contributed by atoms with E-state index in [1.807, 2.05) is 12.1 Å². The summed E-state index contributed by atoms with van der Waals surface area (Å²) in [6.07, 6.45) is 6.28. The van der Waals surface area contributed by atoms with Gasteiger partial charge in [-0.2, -0.15) is 0 Å². The first kappa shape index (κ1) is 7.79. The molecule has 0 unspecified atom stereocenters. The SMILES string of the molecule is c1coc(COc2cncnc2)c1. The van der Waals surface area contributed by atoms with Crippen LogP contribution in [0.25, 0.3) is 0 Å². The van der Waals surface area contributed by atoms with Crippen molar-refractivity contribution in [2.75, 3.05) is 0 Å². The van der Waals surface area contributed by atoms with Crippen molar-refractivity contribution in [3.05, 3.63) is 42.9 Å². The van der Waals surface area contributed by atoms with Crippen molar-refractivity contribution in [3.8, 4) is 5.75 Å². The van der Waals surface area contributed by atoms with Crippen molar-refractivity contribution < 1.29 is 9.15 Å². The van der Waals surface area contributed by atoms with E-state index in [-0.39, 0.29) is 0 Å². The van der Waals surface area contributed by atoms with Crippen LogP contribution in [-0.4, -0.2) is 9.97 Å². The first-order chi connectivity index (χ1) is 6.45. The van der Waals surface area contributed by atoms with Crippen molar-refractivity contribution in [2.24, 2.45) is 0 Å². The Bertz CT molecular complexity index is 345. The van der Waals surface area contributed by atoms with Gasteiger partial charge in [-0.1, -0.05) is 0 Å². The molecule has 0 aliphatic carbocycles. The maximum absolute atomic E-state index is 5.33. The molecule has 0 aromatic carbocycles. The van der Waals surface area contributed by atoms with E-state index in [0.717, 1.165) is 5.76 Å². The lowest BCUT2D eigenvalue weighted by atomic mass is 10.5. The lowest BCUT2D eigenvalue weighted by Crippen LogP contribution is -1.94. The Morgan fingerprint density at radius 1 is 1.31 bits per heavy atom. The van der Waals surface area contributed by atoms with Gasteiger partial charge >= 0.3 is 0 Å². The molecule has 66 valence electrons. The third kappa shape index (κ3) is 2.05. The van der Waals surface area contributed by atoms with Crippen LogP contribution in [0.3, 0.4) is 0 Å². The predicted octanol–water partition coefficient (Wildman–Crippen LogP) is 1.65. The topological polar surface area (TPSA) is 48.2 Å². The summed E-state index contributed by atoms with van der Waals surface area (Å²) < 4.78 is 10.4. The zero-order valence-electron chi connectivity index (χ0n) is 6.88. The minimum Gasteiger partial charge on any atom is -0.482 e. The third-order valence-electron chi connectivity index (χ3n) is 1.50. The van der Waals surface area contributed by atoms with Gasteiger partial charge in [0.25, 0.3) is 0 Å². The highest BCUT2D eigenvalue weighted by Gasteiger charge is 1.96. The van der Waals surface area contributed by atoms with Crippen LogP contribution in [0.4, 0.5) is 0 Å². The zero-order chi connectivity index (χ0) is 8.93. The molecule has 0 bridgehead atoms. The first-order valence-corrected chi connectivity index (χ1v) is 3.85. The van der Waals surface area contributed by atoms with Crippen LogP contribution in [0.15, 0.2) is 41.5 Å². The molecule has 0 amide bonds. The summed E-state index contributed by atoms with van der Waals surface area (Å²) in [6.45, 7) is 0.403. The van der Waals surface area contributed by atoms with Crippen molar-refractivity contribution in [1.29, 1.82) is 0 Å². The van der Waals surface area contributed by atoms with Crippen LogP contribution < -0.4 is 4.74 Å². The fraction of sp³-hybridized carbons (Fsp3) is 0.111. The molecule has 2 heterocycles. The van der Waals surface area contributed by atoms with Gasteiger partial charge in [0, 0.05) is 0 Å². The molecular weight excluding hydrogens is 168 g/mol. The van der Waals surface area contributed by atoms with Crippen LogP contribution >= 0.6 is 0 Å². The van der Waals surface area contributed by atoms with Crippen LogP contribution in [-0.2, 0) is 6.61 Å². The van der Waals surface area contributed by atoms with Crippen molar-refractivity contribution >= 4 is 0 Å². The van der Waals surface area contributed by atoms with E-state index in [1.165, 1.54) is 6.33 Å². The fourth-order valence-corrected chi connectivity index (χ4v) is 0.909. The molecule has 4 nitrogen and oxygen atoms in total. The number of aromatic nitrogens is 2. The molecule has 0 atom stereocenters. The standard InChI is InChI=1S/C9H8N2O2/c1-2-8(12-3-1)6-13-9-4-10-7-11-5-9/h1-5,7H,6H2. The average molecular weight is 176 g/mol. The van der Waals surface area contributed by atoms with Crippen LogP contribution in [0.5, 0.6) is 5.75 Å². The smallest absolute Gasteiger partial charge is 0.156 e. The van der Waals surface area contributed by atoms with E-state index in [9.17, 15) is 0 Å². The van der Waals surface area contributed by atoms with E-state index < -0.39 is 0 Å². The molecule has 2 aromatic heterocycles. The summed E-state index contributed by atoms with van der Waals surface area (Å²) in [4.78, 5) is 7.64. The maximum atomic E-state index is 5.33. The van der Waals surface area contributed by atoms with E-state index in [0.29, 0.717) is 12.4 Å². The number of ether oxygens (including phenoxy) is 1. The van der Waals surface area contributed by atoms with Crippen LogP contribution in [0, 0.1) is 0 Å². The third-order valence-corrected chi connectivity index (χ3v) is 1.50. The van der Waals surface area contributed by atoms with Crippen LogP contribution in [0.2, 0.25) is 0 Å². The fourth-order valence-electron chi connectivity index (χ4n) is 0.909. The Balaban J connectivity index is 1.94. The highest BCUT2D eigenvalue weighted by Crippen LogP contribution is 2.08. The second-order valence-electron chi connectivity index (χ2n) is 2.44. The molecule has 0 N–H and O–H groups in total. The summed E-state index contributed by atoms with van der Waals surface area (Å²) in [5.41, 5.74) is 0. The Morgan fingerprint density at radius 2 is 2.15 bits per heavy atom. The Hall–Kier alpha value is -1.84. The van der Waals surface area contributed by atoms with Gasteiger partial charge in [0.15, 0.2) is 5.75 Å². The molecule has 13 heavy (non-hydrogen) atoms. The van der Waals surface area contributed by atoms with Crippen LogP contribution in [0.1, 0.15) is 5.76 Å². The zero-order valence-corrected chi connectivity index (χ0v) is 6.88. The molecule has 0 saturated carbocycles. The van der Waals surface area contributed by atoms with Crippen molar-refractivity contribution in [3.63, 3.8) is 0 Å². The number of nitrogens with zero attached hydrogens (tertiary/aromatic N) is 2. The minimum atomic E-state index is 0.403. The molecule has 0 radical (unpaired) electrons. The van der Waals surface area contributed by atoms with Crippen molar-refractivity contribution in [1.82, 2.24) is 9.97 Å².